The quantitative estimate of drug-likeness (QED) is 0.619. The zero-order valence-electron chi connectivity index (χ0n) is 15.0. The highest BCUT2D eigenvalue weighted by molar-refractivity contribution is 6.04. The number of rotatable bonds is 6. The number of benzene rings is 3. The second-order valence-corrected chi connectivity index (χ2v) is 6.14. The number of hydrogen-bond acceptors (Lipinski definition) is 3. The van der Waals surface area contributed by atoms with Crippen LogP contribution in [0.2, 0.25) is 0 Å². The van der Waals surface area contributed by atoms with Gasteiger partial charge in [-0.1, -0.05) is 30.3 Å². The summed E-state index contributed by atoms with van der Waals surface area (Å²) in [5.41, 5.74) is 8.04. The zero-order valence-corrected chi connectivity index (χ0v) is 15.0. The standard InChI is InChI=1S/C22H19N3O3/c23-20(26)18-8-4-5-15(13-18)14-24-21(27)17-9-11-19(12-10-17)25-22(28)16-6-2-1-3-7-16/h1-13H,14H2,(H2,23,26)(H,24,27)(H,25,28). The largest absolute Gasteiger partial charge is 0.366 e. The van der Waals surface area contributed by atoms with Gasteiger partial charge in [-0.15, -0.1) is 0 Å². The Balaban J connectivity index is 1.58. The molecule has 4 N–H and O–H groups in total. The lowest BCUT2D eigenvalue weighted by atomic mass is 10.1. The lowest BCUT2D eigenvalue weighted by molar-refractivity contribution is 0.0949. The van der Waals surface area contributed by atoms with Crippen molar-refractivity contribution in [3.8, 4) is 0 Å². The van der Waals surface area contributed by atoms with Crippen molar-refractivity contribution in [1.82, 2.24) is 5.32 Å². The Labute approximate surface area is 162 Å². The first-order valence-electron chi connectivity index (χ1n) is 8.66. The van der Waals surface area contributed by atoms with Gasteiger partial charge in [0.1, 0.15) is 0 Å². The summed E-state index contributed by atoms with van der Waals surface area (Å²) in [5.74, 6) is -0.987. The molecule has 0 radical (unpaired) electrons. The molecular formula is C22H19N3O3. The highest BCUT2D eigenvalue weighted by Crippen LogP contribution is 2.12. The molecule has 3 aromatic carbocycles. The molecule has 28 heavy (non-hydrogen) atoms. The maximum atomic E-state index is 12.3. The Morgan fingerprint density at radius 3 is 2.04 bits per heavy atom. The van der Waals surface area contributed by atoms with E-state index in [4.69, 9.17) is 5.73 Å². The number of hydrogen-bond donors (Lipinski definition) is 3. The number of carbonyl (C=O) groups is 3. The van der Waals surface area contributed by atoms with Gasteiger partial charge in [-0.3, -0.25) is 14.4 Å². The van der Waals surface area contributed by atoms with Crippen LogP contribution in [-0.4, -0.2) is 17.7 Å². The lowest BCUT2D eigenvalue weighted by Gasteiger charge is -2.08. The molecule has 0 fully saturated rings. The van der Waals surface area contributed by atoms with Crippen LogP contribution < -0.4 is 16.4 Å². The molecule has 140 valence electrons. The fourth-order valence-corrected chi connectivity index (χ4v) is 2.62. The van der Waals surface area contributed by atoms with Gasteiger partial charge in [0, 0.05) is 28.9 Å². The Kier molecular flexibility index (Phi) is 5.81. The molecule has 0 aliphatic carbocycles. The fourth-order valence-electron chi connectivity index (χ4n) is 2.62. The van der Waals surface area contributed by atoms with Crippen molar-refractivity contribution in [3.05, 3.63) is 101 Å². The minimum absolute atomic E-state index is 0.216. The molecule has 0 aliphatic heterocycles. The fraction of sp³-hybridized carbons (Fsp3) is 0.0455. The summed E-state index contributed by atoms with van der Waals surface area (Å²) in [5, 5.41) is 5.57. The van der Waals surface area contributed by atoms with Gasteiger partial charge in [0.25, 0.3) is 11.8 Å². The van der Waals surface area contributed by atoms with Gasteiger partial charge >= 0.3 is 0 Å². The van der Waals surface area contributed by atoms with E-state index in [9.17, 15) is 14.4 Å². The van der Waals surface area contributed by atoms with E-state index in [0.717, 1.165) is 5.56 Å². The molecule has 0 heterocycles. The van der Waals surface area contributed by atoms with Crippen LogP contribution in [0.3, 0.4) is 0 Å². The van der Waals surface area contributed by atoms with Crippen LogP contribution in [0.5, 0.6) is 0 Å². The molecule has 0 saturated carbocycles. The van der Waals surface area contributed by atoms with E-state index in [1.54, 1.807) is 72.8 Å². The first-order chi connectivity index (χ1) is 13.5. The van der Waals surface area contributed by atoms with Gasteiger partial charge in [0.15, 0.2) is 0 Å². The predicted molar refractivity (Wildman–Crippen MR) is 107 cm³/mol. The van der Waals surface area contributed by atoms with Crippen molar-refractivity contribution in [2.45, 2.75) is 6.54 Å². The van der Waals surface area contributed by atoms with E-state index < -0.39 is 5.91 Å². The molecule has 0 atom stereocenters. The van der Waals surface area contributed by atoms with Gasteiger partial charge in [-0.2, -0.15) is 0 Å². The summed E-state index contributed by atoms with van der Waals surface area (Å²) in [7, 11) is 0. The number of carbonyl (C=O) groups excluding carboxylic acids is 3. The van der Waals surface area contributed by atoms with Crippen molar-refractivity contribution in [3.63, 3.8) is 0 Å². The topological polar surface area (TPSA) is 101 Å². The van der Waals surface area contributed by atoms with Crippen LogP contribution in [0.15, 0.2) is 78.9 Å². The van der Waals surface area contributed by atoms with E-state index in [0.29, 0.717) is 22.4 Å². The third-order valence-corrected chi connectivity index (χ3v) is 4.11. The molecule has 3 amide bonds. The van der Waals surface area contributed by atoms with E-state index in [2.05, 4.69) is 10.6 Å². The lowest BCUT2D eigenvalue weighted by Crippen LogP contribution is -2.23. The first-order valence-corrected chi connectivity index (χ1v) is 8.66. The van der Waals surface area contributed by atoms with Crippen LogP contribution in [0.25, 0.3) is 0 Å². The third kappa shape index (κ3) is 4.82. The predicted octanol–water partition coefficient (Wildman–Crippen LogP) is 2.97. The SMILES string of the molecule is NC(=O)c1cccc(CNC(=O)c2ccc(NC(=O)c3ccccc3)cc2)c1. The number of primary amides is 1. The summed E-state index contributed by atoms with van der Waals surface area (Å²) in [6.45, 7) is 0.270. The van der Waals surface area contributed by atoms with Gasteiger partial charge in [0.2, 0.25) is 5.91 Å². The van der Waals surface area contributed by atoms with Crippen molar-refractivity contribution in [2.24, 2.45) is 5.73 Å². The molecule has 3 rings (SSSR count). The first kappa shape index (κ1) is 18.8. The molecule has 0 aromatic heterocycles. The van der Waals surface area contributed by atoms with E-state index >= 15 is 0 Å². The molecule has 0 spiro atoms. The molecule has 6 nitrogen and oxygen atoms in total. The van der Waals surface area contributed by atoms with Crippen LogP contribution in [0.1, 0.15) is 36.6 Å². The van der Waals surface area contributed by atoms with Crippen LogP contribution in [0.4, 0.5) is 5.69 Å². The van der Waals surface area contributed by atoms with Crippen LogP contribution in [0, 0.1) is 0 Å². The normalized spacial score (nSPS) is 10.1. The molecule has 0 saturated heterocycles. The summed E-state index contributed by atoms with van der Waals surface area (Å²) < 4.78 is 0. The van der Waals surface area contributed by atoms with E-state index in [-0.39, 0.29) is 18.4 Å². The highest BCUT2D eigenvalue weighted by atomic mass is 16.2. The zero-order chi connectivity index (χ0) is 19.9. The molecule has 0 unspecified atom stereocenters. The molecular weight excluding hydrogens is 354 g/mol. The number of amides is 3. The van der Waals surface area contributed by atoms with Crippen LogP contribution >= 0.6 is 0 Å². The molecule has 0 bridgehead atoms. The molecule has 3 aromatic rings. The molecule has 0 aliphatic rings. The Morgan fingerprint density at radius 2 is 1.36 bits per heavy atom. The minimum Gasteiger partial charge on any atom is -0.366 e. The van der Waals surface area contributed by atoms with Crippen molar-refractivity contribution >= 4 is 23.4 Å². The van der Waals surface area contributed by atoms with E-state index in [1.165, 1.54) is 0 Å². The number of anilines is 1. The minimum atomic E-state index is -0.513. The number of nitrogens with one attached hydrogen (secondary N) is 2. The Morgan fingerprint density at radius 1 is 0.714 bits per heavy atom. The van der Waals surface area contributed by atoms with Crippen molar-refractivity contribution in [1.29, 1.82) is 0 Å². The van der Waals surface area contributed by atoms with Crippen LogP contribution in [-0.2, 0) is 6.54 Å². The average molecular weight is 373 g/mol. The average Bonchev–Trinajstić information content (AvgIpc) is 2.73. The Hall–Kier alpha value is -3.93. The summed E-state index contributed by atoms with van der Waals surface area (Å²) in [6.07, 6.45) is 0. The third-order valence-electron chi connectivity index (χ3n) is 4.11. The maximum Gasteiger partial charge on any atom is 0.255 e. The second-order valence-electron chi connectivity index (χ2n) is 6.14. The summed E-state index contributed by atoms with van der Waals surface area (Å²) in [6, 6.07) is 22.3. The maximum absolute atomic E-state index is 12.3. The van der Waals surface area contributed by atoms with Crippen molar-refractivity contribution < 1.29 is 14.4 Å². The summed E-state index contributed by atoms with van der Waals surface area (Å²) in [4.78, 5) is 35.7. The molecule has 6 heteroatoms. The van der Waals surface area contributed by atoms with Crippen molar-refractivity contribution in [2.75, 3.05) is 5.32 Å². The van der Waals surface area contributed by atoms with Gasteiger partial charge < -0.3 is 16.4 Å². The smallest absolute Gasteiger partial charge is 0.255 e. The van der Waals surface area contributed by atoms with Gasteiger partial charge in [-0.05, 0) is 54.1 Å². The number of nitrogens with two attached hydrogens (primary N) is 1. The Bertz CT molecular complexity index is 999. The van der Waals surface area contributed by atoms with Gasteiger partial charge in [-0.25, -0.2) is 0 Å². The highest BCUT2D eigenvalue weighted by Gasteiger charge is 2.08. The second kappa shape index (κ2) is 8.64. The monoisotopic (exact) mass is 373 g/mol. The van der Waals surface area contributed by atoms with E-state index in [1.807, 2.05) is 6.07 Å². The van der Waals surface area contributed by atoms with Gasteiger partial charge in [0.05, 0.1) is 0 Å². The summed E-state index contributed by atoms with van der Waals surface area (Å²) >= 11 is 0.